The van der Waals surface area contributed by atoms with E-state index in [0.29, 0.717) is 5.56 Å². The number of pyridine rings is 2. The summed E-state index contributed by atoms with van der Waals surface area (Å²) in [5.74, 6) is 0. The average Bonchev–Trinajstić information content (AvgIpc) is 2.54. The van der Waals surface area contributed by atoms with Gasteiger partial charge in [-0.25, -0.2) is 10.2 Å². The molecule has 0 aliphatic carbocycles. The van der Waals surface area contributed by atoms with E-state index in [1.165, 1.54) is 37.6 Å². The molecule has 24 heavy (non-hydrogen) atoms. The molecule has 0 bridgehead atoms. The Morgan fingerprint density at radius 1 is 1.21 bits per heavy atom. The lowest BCUT2D eigenvalue weighted by Gasteiger charge is -2.21. The Hall–Kier alpha value is -2.97. The number of aromatic nitrogens is 2. The molecule has 0 radical (unpaired) electrons. The average molecular weight is 336 g/mol. The van der Waals surface area contributed by atoms with Crippen LogP contribution in [0.5, 0.6) is 0 Å². The summed E-state index contributed by atoms with van der Waals surface area (Å²) < 4.78 is 45.2. The number of amides is 1. The number of rotatable bonds is 2. The first-order valence-electron chi connectivity index (χ1n) is 6.88. The monoisotopic (exact) mass is 336 g/mol. The molecule has 6 nitrogen and oxygen atoms in total. The van der Waals surface area contributed by atoms with Crippen molar-refractivity contribution in [2.75, 3.05) is 0 Å². The summed E-state index contributed by atoms with van der Waals surface area (Å²) in [7, 11) is 0. The Labute approximate surface area is 134 Å². The number of nitrogens with one attached hydrogen (secondary N) is 1. The number of hydrogen-bond donors (Lipinski definition) is 1. The van der Waals surface area contributed by atoms with Crippen LogP contribution in [0.4, 0.5) is 18.0 Å². The Balaban J connectivity index is 2.11. The van der Waals surface area contributed by atoms with Gasteiger partial charge in [-0.15, -0.1) is 0 Å². The molecule has 1 unspecified atom stereocenters. The van der Waals surface area contributed by atoms with Crippen LogP contribution in [0.1, 0.15) is 18.1 Å². The van der Waals surface area contributed by atoms with Crippen LogP contribution in [0.15, 0.2) is 41.9 Å². The first-order chi connectivity index (χ1) is 11.4. The summed E-state index contributed by atoms with van der Waals surface area (Å²) in [6.45, 7) is 1.52. The number of alkyl halides is 3. The molecule has 0 saturated carbocycles. The van der Waals surface area contributed by atoms with Gasteiger partial charge in [0, 0.05) is 29.7 Å². The largest absolute Gasteiger partial charge is 0.439 e. The van der Waals surface area contributed by atoms with Crippen molar-refractivity contribution < 1.29 is 22.7 Å². The van der Waals surface area contributed by atoms with Gasteiger partial charge in [-0.3, -0.25) is 9.97 Å². The second-order valence-corrected chi connectivity index (χ2v) is 5.01. The van der Waals surface area contributed by atoms with Gasteiger partial charge in [0.15, 0.2) is 0 Å². The second kappa shape index (κ2) is 5.91. The highest BCUT2D eigenvalue weighted by Crippen LogP contribution is 2.36. The van der Waals surface area contributed by atoms with Gasteiger partial charge in [0.1, 0.15) is 11.8 Å². The van der Waals surface area contributed by atoms with Crippen LogP contribution in [0, 0.1) is 0 Å². The highest BCUT2D eigenvalue weighted by Gasteiger charge is 2.36. The number of hydrogen-bond acceptors (Lipinski definition) is 5. The minimum atomic E-state index is -4.61. The molecule has 1 amide bonds. The van der Waals surface area contributed by atoms with E-state index in [0.717, 1.165) is 6.07 Å². The van der Waals surface area contributed by atoms with Crippen LogP contribution in [0.2, 0.25) is 0 Å². The first kappa shape index (κ1) is 15.9. The summed E-state index contributed by atoms with van der Waals surface area (Å²) in [4.78, 5) is 18.8. The van der Waals surface area contributed by atoms with Gasteiger partial charge in [-0.1, -0.05) is 0 Å². The normalized spacial score (nSPS) is 17.8. The fraction of sp³-hybridized carbons (Fsp3) is 0.200. The van der Waals surface area contributed by atoms with Gasteiger partial charge < -0.3 is 4.74 Å². The molecule has 0 aromatic carbocycles. The van der Waals surface area contributed by atoms with Crippen molar-refractivity contribution in [1.82, 2.24) is 15.4 Å². The van der Waals surface area contributed by atoms with Gasteiger partial charge in [0.05, 0.1) is 11.3 Å². The van der Waals surface area contributed by atoms with Crippen molar-refractivity contribution in [3.8, 4) is 11.3 Å². The van der Waals surface area contributed by atoms with Crippen LogP contribution in [-0.4, -0.2) is 27.9 Å². The maximum atomic E-state index is 13.4. The maximum absolute atomic E-state index is 13.4. The van der Waals surface area contributed by atoms with E-state index in [9.17, 15) is 18.0 Å². The number of hydrazone groups is 1. The number of ether oxygens (including phenoxy) is 1. The quantitative estimate of drug-likeness (QED) is 0.915. The van der Waals surface area contributed by atoms with Gasteiger partial charge >= 0.3 is 12.3 Å². The van der Waals surface area contributed by atoms with Crippen molar-refractivity contribution in [3.63, 3.8) is 0 Å². The van der Waals surface area contributed by atoms with Crippen LogP contribution in [0.25, 0.3) is 11.3 Å². The van der Waals surface area contributed by atoms with Crippen molar-refractivity contribution in [2.45, 2.75) is 19.2 Å². The van der Waals surface area contributed by atoms with Gasteiger partial charge in [-0.05, 0) is 25.1 Å². The molecule has 0 spiro atoms. The Kier molecular flexibility index (Phi) is 3.92. The molecule has 2 aromatic rings. The van der Waals surface area contributed by atoms with Crippen molar-refractivity contribution >= 4 is 11.8 Å². The molecule has 1 atom stereocenters. The molecule has 0 saturated heterocycles. The molecule has 1 N–H and O–H groups in total. The SMILES string of the molecule is CC1OC(=O)NN=C1c1cnc(-c2ccncc2)c(C(F)(F)F)c1. The molecule has 3 rings (SSSR count). The Bertz CT molecular complexity index is 806. The third-order valence-corrected chi connectivity index (χ3v) is 3.38. The fourth-order valence-electron chi connectivity index (χ4n) is 2.30. The lowest BCUT2D eigenvalue weighted by molar-refractivity contribution is -0.137. The molecular weight excluding hydrogens is 325 g/mol. The van der Waals surface area contributed by atoms with Gasteiger partial charge in [-0.2, -0.15) is 18.3 Å². The van der Waals surface area contributed by atoms with Crippen molar-refractivity contribution in [3.05, 3.63) is 47.9 Å². The summed E-state index contributed by atoms with van der Waals surface area (Å²) in [6.07, 6.45) is -2.11. The van der Waals surface area contributed by atoms with E-state index < -0.39 is 23.9 Å². The minimum absolute atomic E-state index is 0.118. The standard InChI is InChI=1S/C15H11F3N4O2/c1-8-12(21-22-14(23)24-8)10-6-11(15(16,17)18)13(20-7-10)9-2-4-19-5-3-9/h2-8H,1H3,(H,22,23). The lowest BCUT2D eigenvalue weighted by Crippen LogP contribution is -2.37. The number of carbonyl (C=O) groups is 1. The van der Waals surface area contributed by atoms with Crippen molar-refractivity contribution in [1.29, 1.82) is 0 Å². The predicted molar refractivity (Wildman–Crippen MR) is 78.1 cm³/mol. The van der Waals surface area contributed by atoms with E-state index in [-0.39, 0.29) is 17.0 Å². The van der Waals surface area contributed by atoms with E-state index >= 15 is 0 Å². The van der Waals surface area contributed by atoms with Crippen molar-refractivity contribution in [2.24, 2.45) is 5.10 Å². The van der Waals surface area contributed by atoms with Crippen LogP contribution in [0.3, 0.4) is 0 Å². The molecule has 124 valence electrons. The zero-order chi connectivity index (χ0) is 17.3. The molecule has 0 fully saturated rings. The predicted octanol–water partition coefficient (Wildman–Crippen LogP) is 2.99. The molecule has 9 heteroatoms. The molecule has 1 aliphatic rings. The molecule has 3 heterocycles. The van der Waals surface area contributed by atoms with Crippen LogP contribution >= 0.6 is 0 Å². The third kappa shape index (κ3) is 3.05. The summed E-state index contributed by atoms with van der Waals surface area (Å²) in [5, 5.41) is 3.76. The molecular formula is C15H11F3N4O2. The summed E-state index contributed by atoms with van der Waals surface area (Å²) in [5.41, 5.74) is 1.54. The zero-order valence-electron chi connectivity index (χ0n) is 12.3. The van der Waals surface area contributed by atoms with Gasteiger partial charge in [0.25, 0.3) is 0 Å². The first-order valence-corrected chi connectivity index (χ1v) is 6.88. The lowest BCUT2D eigenvalue weighted by atomic mass is 10.0. The minimum Gasteiger partial charge on any atom is -0.439 e. The summed E-state index contributed by atoms with van der Waals surface area (Å²) >= 11 is 0. The number of cyclic esters (lactones) is 1. The number of halogens is 3. The zero-order valence-corrected chi connectivity index (χ0v) is 12.3. The highest BCUT2D eigenvalue weighted by molar-refractivity contribution is 6.05. The molecule has 1 aliphatic heterocycles. The summed E-state index contributed by atoms with van der Waals surface area (Å²) in [6, 6.07) is 3.83. The van der Waals surface area contributed by atoms with E-state index in [2.05, 4.69) is 20.5 Å². The van der Waals surface area contributed by atoms with E-state index in [1.54, 1.807) is 0 Å². The fourth-order valence-corrected chi connectivity index (χ4v) is 2.30. The third-order valence-electron chi connectivity index (χ3n) is 3.38. The molecule has 2 aromatic heterocycles. The van der Waals surface area contributed by atoms with E-state index in [4.69, 9.17) is 4.74 Å². The number of carbonyl (C=O) groups excluding carboxylic acids is 1. The Morgan fingerprint density at radius 3 is 2.54 bits per heavy atom. The topological polar surface area (TPSA) is 76.5 Å². The van der Waals surface area contributed by atoms with Crippen LogP contribution in [-0.2, 0) is 10.9 Å². The second-order valence-electron chi connectivity index (χ2n) is 5.01. The van der Waals surface area contributed by atoms with E-state index in [1.807, 2.05) is 0 Å². The highest BCUT2D eigenvalue weighted by atomic mass is 19.4. The smallest absolute Gasteiger partial charge is 0.428 e. The number of nitrogens with zero attached hydrogens (tertiary/aromatic N) is 3. The Morgan fingerprint density at radius 2 is 1.92 bits per heavy atom. The maximum Gasteiger partial charge on any atom is 0.428 e. The van der Waals surface area contributed by atoms with Gasteiger partial charge in [0.2, 0.25) is 0 Å². The van der Waals surface area contributed by atoms with Crippen LogP contribution < -0.4 is 5.43 Å².